The summed E-state index contributed by atoms with van der Waals surface area (Å²) < 4.78 is 5.73. The van der Waals surface area contributed by atoms with Crippen molar-refractivity contribution in [2.75, 3.05) is 0 Å². The molecule has 0 spiro atoms. The van der Waals surface area contributed by atoms with E-state index < -0.39 is 0 Å². The summed E-state index contributed by atoms with van der Waals surface area (Å²) in [6.07, 6.45) is 2.45. The molecule has 0 saturated heterocycles. The molecule has 5 nitrogen and oxygen atoms in total. The molecule has 1 aromatic carbocycles. The van der Waals surface area contributed by atoms with E-state index in [1.807, 2.05) is 37.3 Å². The molecule has 0 saturated carbocycles. The van der Waals surface area contributed by atoms with Crippen molar-refractivity contribution < 1.29 is 9.21 Å². The van der Waals surface area contributed by atoms with Crippen molar-refractivity contribution in [3.63, 3.8) is 0 Å². The Hall–Kier alpha value is -2.56. The van der Waals surface area contributed by atoms with Gasteiger partial charge in [-0.3, -0.25) is 4.79 Å². The molecule has 1 aliphatic carbocycles. The molecule has 0 radical (unpaired) electrons. The van der Waals surface area contributed by atoms with Crippen LogP contribution in [0.1, 0.15) is 29.4 Å². The second-order valence-corrected chi connectivity index (χ2v) is 6.16. The van der Waals surface area contributed by atoms with E-state index in [-0.39, 0.29) is 11.8 Å². The average molecular weight is 309 g/mol. The van der Waals surface area contributed by atoms with Gasteiger partial charge in [-0.2, -0.15) is 0 Å². The molecule has 0 unspecified atom stereocenters. The molecular weight excluding hydrogens is 290 g/mol. The normalized spacial score (nSPS) is 17.2. The number of aryl methyl sites for hydroxylation is 2. The lowest BCUT2D eigenvalue weighted by Crippen LogP contribution is -2.33. The number of fused-ring (bicyclic) bond motifs is 2. The second kappa shape index (κ2) is 5.57. The molecule has 23 heavy (non-hydrogen) atoms. The van der Waals surface area contributed by atoms with Gasteiger partial charge >= 0.3 is 0 Å². The second-order valence-electron chi connectivity index (χ2n) is 6.16. The first kappa shape index (κ1) is 14.1. The number of nitrogens with one attached hydrogen (secondary N) is 2. The number of hydrogen-bond acceptors (Lipinski definition) is 3. The minimum Gasteiger partial charge on any atom is -0.459 e. The zero-order valence-electron chi connectivity index (χ0n) is 13.1. The molecule has 4 rings (SSSR count). The Kier molecular flexibility index (Phi) is 3.41. The van der Waals surface area contributed by atoms with Crippen molar-refractivity contribution in [3.05, 3.63) is 53.3 Å². The molecule has 2 N–H and O–H groups in total. The number of carbonyl (C=O) groups is 1. The largest absolute Gasteiger partial charge is 0.459 e. The van der Waals surface area contributed by atoms with Gasteiger partial charge in [0.25, 0.3) is 0 Å². The summed E-state index contributed by atoms with van der Waals surface area (Å²) in [5.74, 6) is 1.81. The highest BCUT2D eigenvalue weighted by Crippen LogP contribution is 2.24. The third-order valence-electron chi connectivity index (χ3n) is 4.45. The van der Waals surface area contributed by atoms with Gasteiger partial charge in [0.15, 0.2) is 0 Å². The molecule has 0 fully saturated rings. The van der Waals surface area contributed by atoms with Crippen LogP contribution in [0, 0.1) is 12.8 Å². The van der Waals surface area contributed by atoms with Crippen LogP contribution in [0.25, 0.3) is 11.0 Å². The number of para-hydroxylation sites is 1. The summed E-state index contributed by atoms with van der Waals surface area (Å²) in [5, 5.41) is 4.06. The van der Waals surface area contributed by atoms with Crippen molar-refractivity contribution in [1.29, 1.82) is 0 Å². The van der Waals surface area contributed by atoms with Gasteiger partial charge in [-0.15, -0.1) is 0 Å². The fourth-order valence-corrected chi connectivity index (χ4v) is 3.29. The number of aromatic nitrogens is 2. The predicted octanol–water partition coefficient (Wildman–Crippen LogP) is 2.89. The SMILES string of the molecule is Cc1nc2c([nH]1)C[C@H](C(=O)NCc1cc3ccccc3o1)CC2. The van der Waals surface area contributed by atoms with Crippen LogP contribution in [0.15, 0.2) is 34.7 Å². The Morgan fingerprint density at radius 2 is 2.30 bits per heavy atom. The quantitative estimate of drug-likeness (QED) is 0.781. The van der Waals surface area contributed by atoms with Crippen molar-refractivity contribution >= 4 is 16.9 Å². The summed E-state index contributed by atoms with van der Waals surface area (Å²) in [6, 6.07) is 9.84. The van der Waals surface area contributed by atoms with E-state index in [0.29, 0.717) is 6.54 Å². The minimum absolute atomic E-state index is 0.00623. The van der Waals surface area contributed by atoms with Gasteiger partial charge < -0.3 is 14.7 Å². The number of rotatable bonds is 3. The Labute approximate surface area is 134 Å². The van der Waals surface area contributed by atoms with Crippen LogP contribution >= 0.6 is 0 Å². The molecule has 3 aromatic rings. The predicted molar refractivity (Wildman–Crippen MR) is 86.9 cm³/mol. The third kappa shape index (κ3) is 2.74. The van der Waals surface area contributed by atoms with E-state index in [2.05, 4.69) is 15.3 Å². The van der Waals surface area contributed by atoms with E-state index in [0.717, 1.165) is 53.2 Å². The Bertz CT molecular complexity index is 829. The lowest BCUT2D eigenvalue weighted by molar-refractivity contribution is -0.125. The van der Waals surface area contributed by atoms with Gasteiger partial charge in [-0.05, 0) is 31.9 Å². The van der Waals surface area contributed by atoms with E-state index in [1.54, 1.807) is 0 Å². The van der Waals surface area contributed by atoms with E-state index in [4.69, 9.17) is 4.42 Å². The number of amides is 1. The molecule has 2 aromatic heterocycles. The molecule has 1 atom stereocenters. The Morgan fingerprint density at radius 3 is 3.17 bits per heavy atom. The molecule has 1 amide bonds. The van der Waals surface area contributed by atoms with Crippen molar-refractivity contribution in [2.24, 2.45) is 5.92 Å². The standard InChI is InChI=1S/C18H19N3O2/c1-11-20-15-7-6-13(9-16(15)21-11)18(22)19-10-14-8-12-4-2-3-5-17(12)23-14/h2-5,8,13H,6-7,9-10H2,1H3,(H,19,22)(H,20,21)/t13-/m1/s1. The Balaban J connectivity index is 1.40. The summed E-state index contributed by atoms with van der Waals surface area (Å²) in [5.41, 5.74) is 3.08. The lowest BCUT2D eigenvalue weighted by Gasteiger charge is -2.20. The maximum atomic E-state index is 12.4. The first-order valence-electron chi connectivity index (χ1n) is 7.98. The number of benzene rings is 1. The molecule has 5 heteroatoms. The lowest BCUT2D eigenvalue weighted by atomic mass is 9.89. The zero-order chi connectivity index (χ0) is 15.8. The molecule has 0 aliphatic heterocycles. The van der Waals surface area contributed by atoms with Crippen LogP contribution in [0.4, 0.5) is 0 Å². The fourth-order valence-electron chi connectivity index (χ4n) is 3.29. The zero-order valence-corrected chi connectivity index (χ0v) is 13.1. The highest BCUT2D eigenvalue weighted by Gasteiger charge is 2.26. The smallest absolute Gasteiger partial charge is 0.223 e. The minimum atomic E-state index is 0.00623. The average Bonchev–Trinajstić information content (AvgIpc) is 3.13. The van der Waals surface area contributed by atoms with E-state index in [1.165, 1.54) is 0 Å². The van der Waals surface area contributed by atoms with Crippen LogP contribution in [0.5, 0.6) is 0 Å². The van der Waals surface area contributed by atoms with Gasteiger partial charge in [0, 0.05) is 23.4 Å². The highest BCUT2D eigenvalue weighted by molar-refractivity contribution is 5.80. The number of H-pyrrole nitrogens is 1. The fraction of sp³-hybridized carbons (Fsp3) is 0.333. The molecule has 1 aliphatic rings. The van der Waals surface area contributed by atoms with E-state index in [9.17, 15) is 4.79 Å². The number of nitrogens with zero attached hydrogens (tertiary/aromatic N) is 1. The number of furan rings is 1. The summed E-state index contributed by atoms with van der Waals surface area (Å²) in [6.45, 7) is 2.38. The first-order valence-corrected chi connectivity index (χ1v) is 7.98. The maximum Gasteiger partial charge on any atom is 0.223 e. The molecule has 118 valence electrons. The van der Waals surface area contributed by atoms with Gasteiger partial charge in [0.1, 0.15) is 17.2 Å². The number of carbonyl (C=O) groups excluding carboxylic acids is 1. The van der Waals surface area contributed by atoms with Crippen molar-refractivity contribution in [2.45, 2.75) is 32.7 Å². The van der Waals surface area contributed by atoms with Gasteiger partial charge in [0.2, 0.25) is 5.91 Å². The summed E-state index contributed by atoms with van der Waals surface area (Å²) >= 11 is 0. The van der Waals surface area contributed by atoms with Crippen molar-refractivity contribution in [1.82, 2.24) is 15.3 Å². The van der Waals surface area contributed by atoms with Crippen LogP contribution < -0.4 is 5.32 Å². The van der Waals surface area contributed by atoms with Crippen molar-refractivity contribution in [3.8, 4) is 0 Å². The molecular formula is C18H19N3O2. The summed E-state index contributed by atoms with van der Waals surface area (Å²) in [7, 11) is 0. The Morgan fingerprint density at radius 1 is 1.43 bits per heavy atom. The van der Waals surface area contributed by atoms with Crippen LogP contribution in [-0.2, 0) is 24.2 Å². The third-order valence-corrected chi connectivity index (χ3v) is 4.45. The number of imidazole rings is 1. The number of hydrogen-bond donors (Lipinski definition) is 2. The van der Waals surface area contributed by atoms with Gasteiger partial charge in [-0.1, -0.05) is 18.2 Å². The monoisotopic (exact) mass is 309 g/mol. The highest BCUT2D eigenvalue weighted by atomic mass is 16.3. The van der Waals surface area contributed by atoms with E-state index >= 15 is 0 Å². The van der Waals surface area contributed by atoms with Crippen LogP contribution in [-0.4, -0.2) is 15.9 Å². The van der Waals surface area contributed by atoms with Gasteiger partial charge in [0.05, 0.1) is 12.2 Å². The van der Waals surface area contributed by atoms with Gasteiger partial charge in [-0.25, -0.2) is 4.98 Å². The van der Waals surface area contributed by atoms with Crippen LogP contribution in [0.3, 0.4) is 0 Å². The number of aromatic amines is 1. The molecule has 2 heterocycles. The molecule has 0 bridgehead atoms. The summed E-state index contributed by atoms with van der Waals surface area (Å²) in [4.78, 5) is 20.1. The first-order chi connectivity index (χ1) is 11.2. The topological polar surface area (TPSA) is 70.9 Å². The maximum absolute atomic E-state index is 12.4. The van der Waals surface area contributed by atoms with Crippen LogP contribution in [0.2, 0.25) is 0 Å².